The number of nitro groups is 1. The van der Waals surface area contributed by atoms with Gasteiger partial charge in [0.2, 0.25) is 0 Å². The van der Waals surface area contributed by atoms with E-state index >= 15 is 0 Å². The van der Waals surface area contributed by atoms with Crippen LogP contribution in [0.1, 0.15) is 30.1 Å². The maximum atomic E-state index is 11.9. The van der Waals surface area contributed by atoms with Crippen molar-refractivity contribution in [2.75, 3.05) is 13.6 Å². The van der Waals surface area contributed by atoms with Gasteiger partial charge < -0.3 is 4.90 Å². The van der Waals surface area contributed by atoms with Crippen molar-refractivity contribution in [3.63, 3.8) is 0 Å². The number of carbonyl (C=O) groups excluding carboxylic acids is 1. The fourth-order valence-electron chi connectivity index (χ4n) is 1.44. The summed E-state index contributed by atoms with van der Waals surface area (Å²) in [5.41, 5.74) is 0.479. The molecule has 1 aromatic rings. The van der Waals surface area contributed by atoms with Gasteiger partial charge in [0.1, 0.15) is 0 Å². The van der Waals surface area contributed by atoms with Gasteiger partial charge >= 0.3 is 0 Å². The van der Waals surface area contributed by atoms with E-state index in [1.807, 2.05) is 0 Å². The lowest BCUT2D eigenvalue weighted by Gasteiger charge is -2.16. The average Bonchev–Trinajstić information content (AvgIpc) is 2.35. The second-order valence-electron chi connectivity index (χ2n) is 3.88. The molecule has 0 bridgehead atoms. The predicted octanol–water partition coefficient (Wildman–Crippen LogP) is 2.47. The molecule has 0 saturated heterocycles. The largest absolute Gasteiger partial charge is 0.342 e. The van der Waals surface area contributed by atoms with Crippen LogP contribution in [0.3, 0.4) is 0 Å². The van der Waals surface area contributed by atoms with Crippen LogP contribution in [0.5, 0.6) is 0 Å². The molecular formula is C12H16N2O3. The summed E-state index contributed by atoms with van der Waals surface area (Å²) in [6.45, 7) is 2.76. The summed E-state index contributed by atoms with van der Waals surface area (Å²) >= 11 is 0. The van der Waals surface area contributed by atoms with E-state index in [0.717, 1.165) is 12.8 Å². The van der Waals surface area contributed by atoms with E-state index in [0.29, 0.717) is 12.1 Å². The van der Waals surface area contributed by atoms with Crippen LogP contribution >= 0.6 is 0 Å². The van der Waals surface area contributed by atoms with Crippen LogP contribution in [-0.4, -0.2) is 29.3 Å². The van der Waals surface area contributed by atoms with Gasteiger partial charge in [-0.1, -0.05) is 13.3 Å². The molecule has 5 nitrogen and oxygen atoms in total. The molecule has 0 aliphatic heterocycles. The molecule has 5 heteroatoms. The Morgan fingerprint density at radius 2 is 1.94 bits per heavy atom. The highest BCUT2D eigenvalue weighted by atomic mass is 16.6. The number of hydrogen-bond donors (Lipinski definition) is 0. The van der Waals surface area contributed by atoms with Crippen molar-refractivity contribution in [3.8, 4) is 0 Å². The first kappa shape index (κ1) is 13.2. The molecule has 0 N–H and O–H groups in total. The zero-order valence-electron chi connectivity index (χ0n) is 10.0. The number of unbranched alkanes of at least 4 members (excludes halogenated alkanes) is 1. The van der Waals surface area contributed by atoms with Crippen LogP contribution in [0.15, 0.2) is 24.3 Å². The SMILES string of the molecule is CCCCN(C)C(=O)c1ccc([N+](=O)[O-])cc1. The zero-order chi connectivity index (χ0) is 12.8. The molecule has 0 heterocycles. The number of rotatable bonds is 5. The zero-order valence-corrected chi connectivity index (χ0v) is 10.0. The minimum atomic E-state index is -0.477. The quantitative estimate of drug-likeness (QED) is 0.582. The number of nitro benzene ring substituents is 1. The Kier molecular flexibility index (Phi) is 4.63. The molecule has 0 spiro atoms. The van der Waals surface area contributed by atoms with Crippen molar-refractivity contribution in [1.82, 2.24) is 4.90 Å². The third kappa shape index (κ3) is 3.55. The molecule has 0 saturated carbocycles. The van der Waals surface area contributed by atoms with Gasteiger partial charge in [-0.05, 0) is 18.6 Å². The summed E-state index contributed by atoms with van der Waals surface area (Å²) in [7, 11) is 1.74. The molecular weight excluding hydrogens is 220 g/mol. The lowest BCUT2D eigenvalue weighted by atomic mass is 10.2. The van der Waals surface area contributed by atoms with E-state index in [4.69, 9.17) is 0 Å². The number of carbonyl (C=O) groups is 1. The first-order valence-electron chi connectivity index (χ1n) is 5.56. The van der Waals surface area contributed by atoms with Gasteiger partial charge in [-0.15, -0.1) is 0 Å². The van der Waals surface area contributed by atoms with E-state index in [1.54, 1.807) is 11.9 Å². The minimum Gasteiger partial charge on any atom is -0.342 e. The molecule has 0 aliphatic carbocycles. The highest BCUT2D eigenvalue weighted by Gasteiger charge is 2.12. The first-order valence-corrected chi connectivity index (χ1v) is 5.56. The number of hydrogen-bond acceptors (Lipinski definition) is 3. The Balaban J connectivity index is 2.72. The van der Waals surface area contributed by atoms with Crippen LogP contribution in [-0.2, 0) is 0 Å². The summed E-state index contributed by atoms with van der Waals surface area (Å²) < 4.78 is 0. The Bertz CT molecular complexity index is 401. The van der Waals surface area contributed by atoms with Crippen molar-refractivity contribution in [3.05, 3.63) is 39.9 Å². The van der Waals surface area contributed by atoms with Crippen molar-refractivity contribution >= 4 is 11.6 Å². The third-order valence-corrected chi connectivity index (χ3v) is 2.52. The van der Waals surface area contributed by atoms with Crippen molar-refractivity contribution in [1.29, 1.82) is 0 Å². The van der Waals surface area contributed by atoms with Crippen molar-refractivity contribution in [2.24, 2.45) is 0 Å². The maximum absolute atomic E-state index is 11.9. The molecule has 0 unspecified atom stereocenters. The lowest BCUT2D eigenvalue weighted by Crippen LogP contribution is -2.27. The van der Waals surface area contributed by atoms with Gasteiger partial charge in [-0.2, -0.15) is 0 Å². The van der Waals surface area contributed by atoms with Crippen LogP contribution in [0.4, 0.5) is 5.69 Å². The average molecular weight is 236 g/mol. The Hall–Kier alpha value is -1.91. The van der Waals surface area contributed by atoms with Crippen LogP contribution in [0, 0.1) is 10.1 Å². The van der Waals surface area contributed by atoms with Gasteiger partial charge in [0.25, 0.3) is 11.6 Å². The number of nitrogens with zero attached hydrogens (tertiary/aromatic N) is 2. The Morgan fingerprint density at radius 1 is 1.35 bits per heavy atom. The van der Waals surface area contributed by atoms with Crippen molar-refractivity contribution < 1.29 is 9.72 Å². The van der Waals surface area contributed by atoms with Crippen LogP contribution < -0.4 is 0 Å². The highest BCUT2D eigenvalue weighted by molar-refractivity contribution is 5.94. The summed E-state index contributed by atoms with van der Waals surface area (Å²) in [6.07, 6.45) is 1.98. The smallest absolute Gasteiger partial charge is 0.269 e. The maximum Gasteiger partial charge on any atom is 0.269 e. The van der Waals surface area contributed by atoms with Gasteiger partial charge in [-0.3, -0.25) is 14.9 Å². The molecule has 0 aromatic heterocycles. The number of benzene rings is 1. The fourth-order valence-corrected chi connectivity index (χ4v) is 1.44. The molecule has 1 rings (SSSR count). The van der Waals surface area contributed by atoms with E-state index in [1.165, 1.54) is 24.3 Å². The van der Waals surface area contributed by atoms with E-state index in [2.05, 4.69) is 6.92 Å². The lowest BCUT2D eigenvalue weighted by molar-refractivity contribution is -0.384. The second-order valence-corrected chi connectivity index (χ2v) is 3.88. The predicted molar refractivity (Wildman–Crippen MR) is 65.0 cm³/mol. The van der Waals surface area contributed by atoms with Gasteiger partial charge in [0.05, 0.1) is 4.92 Å². The topological polar surface area (TPSA) is 63.5 Å². The van der Waals surface area contributed by atoms with E-state index in [-0.39, 0.29) is 11.6 Å². The summed E-state index contributed by atoms with van der Waals surface area (Å²) in [4.78, 5) is 23.5. The molecule has 1 aromatic carbocycles. The van der Waals surface area contributed by atoms with E-state index in [9.17, 15) is 14.9 Å². The van der Waals surface area contributed by atoms with Crippen molar-refractivity contribution in [2.45, 2.75) is 19.8 Å². The fraction of sp³-hybridized carbons (Fsp3) is 0.417. The molecule has 92 valence electrons. The standard InChI is InChI=1S/C12H16N2O3/c1-3-4-9-13(2)12(15)10-5-7-11(8-6-10)14(16)17/h5-8H,3-4,9H2,1-2H3. The molecule has 0 radical (unpaired) electrons. The highest BCUT2D eigenvalue weighted by Crippen LogP contribution is 2.13. The third-order valence-electron chi connectivity index (χ3n) is 2.52. The summed E-state index contributed by atoms with van der Waals surface area (Å²) in [6, 6.07) is 5.67. The van der Waals surface area contributed by atoms with Crippen LogP contribution in [0.25, 0.3) is 0 Å². The van der Waals surface area contributed by atoms with Gasteiger partial charge in [0.15, 0.2) is 0 Å². The minimum absolute atomic E-state index is 0.00207. The molecule has 0 atom stereocenters. The molecule has 0 aliphatic rings. The Morgan fingerprint density at radius 3 is 2.41 bits per heavy atom. The van der Waals surface area contributed by atoms with Crippen LogP contribution in [0.2, 0.25) is 0 Å². The second kappa shape index (κ2) is 5.98. The summed E-state index contributed by atoms with van der Waals surface area (Å²) in [5, 5.41) is 10.5. The van der Waals surface area contributed by atoms with Gasteiger partial charge in [-0.25, -0.2) is 0 Å². The monoisotopic (exact) mass is 236 g/mol. The molecule has 0 fully saturated rings. The Labute approximate surface area is 100 Å². The normalized spacial score (nSPS) is 10.0. The summed E-state index contributed by atoms with van der Waals surface area (Å²) in [5.74, 6) is -0.103. The molecule has 1 amide bonds. The number of non-ortho nitro benzene ring substituents is 1. The number of amides is 1. The van der Waals surface area contributed by atoms with E-state index < -0.39 is 4.92 Å². The van der Waals surface area contributed by atoms with Gasteiger partial charge in [0, 0.05) is 31.3 Å². The molecule has 17 heavy (non-hydrogen) atoms. The first-order chi connectivity index (χ1) is 8.06.